The second kappa shape index (κ2) is 2.82. The zero-order valence-electron chi connectivity index (χ0n) is 9.68. The van der Waals surface area contributed by atoms with Crippen molar-refractivity contribution in [3.8, 4) is 0 Å². The third-order valence-electron chi connectivity index (χ3n) is 5.09. The maximum atomic E-state index is 12.3. The lowest BCUT2D eigenvalue weighted by Gasteiger charge is -2.32. The van der Waals surface area contributed by atoms with Crippen molar-refractivity contribution < 1.29 is 4.79 Å². The summed E-state index contributed by atoms with van der Waals surface area (Å²) in [6, 6.07) is 0. The van der Waals surface area contributed by atoms with E-state index in [2.05, 4.69) is 26.1 Å². The van der Waals surface area contributed by atoms with Gasteiger partial charge < -0.3 is 5.32 Å². The van der Waals surface area contributed by atoms with E-state index in [1.807, 2.05) is 7.05 Å². The summed E-state index contributed by atoms with van der Waals surface area (Å²) in [7, 11) is 1.94. The van der Waals surface area contributed by atoms with Gasteiger partial charge in [-0.15, -0.1) is 0 Å². The molecule has 0 heterocycles. The molecule has 80 valence electrons. The summed E-state index contributed by atoms with van der Waals surface area (Å²) in [5, 5.41) is 3.16. The summed E-state index contributed by atoms with van der Waals surface area (Å²) in [6.07, 6.45) is 2.34. The van der Waals surface area contributed by atoms with Crippen LogP contribution in [-0.2, 0) is 4.79 Å². The Hall–Kier alpha value is -0.370. The third kappa shape index (κ3) is 0.928. The van der Waals surface area contributed by atoms with Crippen molar-refractivity contribution in [2.24, 2.45) is 22.7 Å². The highest BCUT2D eigenvalue weighted by Crippen LogP contribution is 2.65. The number of ketones is 1. The van der Waals surface area contributed by atoms with Crippen molar-refractivity contribution in [1.82, 2.24) is 5.32 Å². The predicted molar refractivity (Wildman–Crippen MR) is 57.0 cm³/mol. The maximum absolute atomic E-state index is 12.3. The number of hydrogen-bond acceptors (Lipinski definition) is 2. The van der Waals surface area contributed by atoms with Crippen LogP contribution in [0.3, 0.4) is 0 Å². The molecule has 0 saturated heterocycles. The largest absolute Gasteiger partial charge is 0.319 e. The Bertz CT molecular complexity index is 271. The fourth-order valence-electron chi connectivity index (χ4n) is 3.73. The van der Waals surface area contributed by atoms with Crippen LogP contribution in [0.5, 0.6) is 0 Å². The van der Waals surface area contributed by atoms with E-state index < -0.39 is 0 Å². The van der Waals surface area contributed by atoms with Crippen LogP contribution in [0.4, 0.5) is 0 Å². The summed E-state index contributed by atoms with van der Waals surface area (Å²) < 4.78 is 0. The molecule has 2 bridgehead atoms. The van der Waals surface area contributed by atoms with Crippen molar-refractivity contribution in [2.75, 3.05) is 13.6 Å². The molecule has 2 aliphatic rings. The predicted octanol–water partition coefficient (Wildman–Crippen LogP) is 1.85. The van der Waals surface area contributed by atoms with Gasteiger partial charge in [-0.2, -0.15) is 0 Å². The molecular weight excluding hydrogens is 174 g/mol. The van der Waals surface area contributed by atoms with Gasteiger partial charge in [-0.05, 0) is 31.2 Å². The summed E-state index contributed by atoms with van der Waals surface area (Å²) in [6.45, 7) is 7.59. The highest BCUT2D eigenvalue weighted by molar-refractivity contribution is 5.91. The van der Waals surface area contributed by atoms with Gasteiger partial charge in [0.2, 0.25) is 0 Å². The molecule has 1 N–H and O–H groups in total. The molecule has 14 heavy (non-hydrogen) atoms. The molecule has 3 atom stereocenters. The Morgan fingerprint density at radius 2 is 2.07 bits per heavy atom. The molecule has 0 aromatic heterocycles. The highest BCUT2D eigenvalue weighted by atomic mass is 16.1. The van der Waals surface area contributed by atoms with Gasteiger partial charge in [-0.1, -0.05) is 20.8 Å². The number of Topliss-reactive ketones (excluding diaryl/α,β-unsaturated/α-hetero) is 1. The molecule has 2 heteroatoms. The first-order chi connectivity index (χ1) is 6.45. The zero-order valence-corrected chi connectivity index (χ0v) is 9.68. The first-order valence-corrected chi connectivity index (χ1v) is 5.64. The van der Waals surface area contributed by atoms with Crippen molar-refractivity contribution in [3.63, 3.8) is 0 Å². The number of rotatable bonds is 2. The van der Waals surface area contributed by atoms with Crippen molar-refractivity contribution in [3.05, 3.63) is 0 Å². The van der Waals surface area contributed by atoms with Gasteiger partial charge in [-0.25, -0.2) is 0 Å². The van der Waals surface area contributed by atoms with Crippen LogP contribution in [0.2, 0.25) is 0 Å². The van der Waals surface area contributed by atoms with Gasteiger partial charge >= 0.3 is 0 Å². The Morgan fingerprint density at radius 3 is 2.50 bits per heavy atom. The van der Waals surface area contributed by atoms with E-state index in [0.717, 1.165) is 13.0 Å². The molecule has 0 amide bonds. The van der Waals surface area contributed by atoms with Crippen LogP contribution >= 0.6 is 0 Å². The van der Waals surface area contributed by atoms with Gasteiger partial charge in [0.05, 0.1) is 0 Å². The average Bonchev–Trinajstić information content (AvgIpc) is 2.41. The van der Waals surface area contributed by atoms with Crippen molar-refractivity contribution in [1.29, 1.82) is 0 Å². The summed E-state index contributed by atoms with van der Waals surface area (Å²) >= 11 is 0. The van der Waals surface area contributed by atoms with Gasteiger partial charge in [0.1, 0.15) is 5.78 Å². The fourth-order valence-corrected chi connectivity index (χ4v) is 3.73. The standard InChI is InChI=1S/C12H21NO/c1-11(2)9-5-6-12(11,3)10(14)8(9)7-13-4/h8-9,13H,5-7H2,1-4H3. The summed E-state index contributed by atoms with van der Waals surface area (Å²) in [4.78, 5) is 12.3. The Balaban J connectivity index is 2.34. The molecule has 3 unspecified atom stereocenters. The van der Waals surface area contributed by atoms with Crippen LogP contribution in [0.1, 0.15) is 33.6 Å². The number of carbonyl (C=O) groups is 1. The number of carbonyl (C=O) groups excluding carboxylic acids is 1. The van der Waals surface area contributed by atoms with E-state index in [-0.39, 0.29) is 16.7 Å². The molecule has 0 aliphatic heterocycles. The molecule has 2 saturated carbocycles. The van der Waals surface area contributed by atoms with Gasteiger partial charge in [0, 0.05) is 17.9 Å². The molecule has 2 nitrogen and oxygen atoms in total. The molecule has 0 aromatic rings. The van der Waals surface area contributed by atoms with Crippen LogP contribution in [0.25, 0.3) is 0 Å². The second-order valence-corrected chi connectivity index (χ2v) is 5.73. The summed E-state index contributed by atoms with van der Waals surface area (Å²) in [5.74, 6) is 1.38. The molecule has 2 aliphatic carbocycles. The fraction of sp³-hybridized carbons (Fsp3) is 0.917. The van der Waals surface area contributed by atoms with E-state index in [4.69, 9.17) is 0 Å². The van der Waals surface area contributed by atoms with E-state index in [9.17, 15) is 4.79 Å². The zero-order chi connectivity index (χ0) is 10.6. The van der Waals surface area contributed by atoms with E-state index >= 15 is 0 Å². The molecule has 2 fully saturated rings. The first-order valence-electron chi connectivity index (χ1n) is 5.64. The van der Waals surface area contributed by atoms with Crippen molar-refractivity contribution >= 4 is 5.78 Å². The van der Waals surface area contributed by atoms with E-state index in [1.165, 1.54) is 6.42 Å². The Labute approximate surface area is 86.5 Å². The monoisotopic (exact) mass is 195 g/mol. The average molecular weight is 195 g/mol. The quantitative estimate of drug-likeness (QED) is 0.728. The molecule has 0 radical (unpaired) electrons. The normalized spacial score (nSPS) is 44.7. The lowest BCUT2D eigenvalue weighted by Crippen LogP contribution is -2.35. The highest BCUT2D eigenvalue weighted by Gasteiger charge is 2.65. The topological polar surface area (TPSA) is 29.1 Å². The third-order valence-corrected chi connectivity index (χ3v) is 5.09. The Kier molecular flexibility index (Phi) is 2.04. The van der Waals surface area contributed by atoms with Gasteiger partial charge in [0.25, 0.3) is 0 Å². The molecule has 0 aromatic carbocycles. The van der Waals surface area contributed by atoms with Crippen LogP contribution in [0.15, 0.2) is 0 Å². The van der Waals surface area contributed by atoms with E-state index in [0.29, 0.717) is 11.7 Å². The second-order valence-electron chi connectivity index (χ2n) is 5.73. The molecule has 0 spiro atoms. The lowest BCUT2D eigenvalue weighted by molar-refractivity contribution is -0.131. The Morgan fingerprint density at radius 1 is 1.43 bits per heavy atom. The number of fused-ring (bicyclic) bond motifs is 2. The SMILES string of the molecule is CNCC1C(=O)C2(C)CCC1C2(C)C. The molecular formula is C12H21NO. The maximum Gasteiger partial charge on any atom is 0.143 e. The minimum absolute atomic E-state index is 0.0425. The van der Waals surface area contributed by atoms with Crippen LogP contribution < -0.4 is 5.32 Å². The van der Waals surface area contributed by atoms with Crippen LogP contribution in [0, 0.1) is 22.7 Å². The lowest BCUT2D eigenvalue weighted by atomic mass is 9.70. The van der Waals surface area contributed by atoms with Gasteiger partial charge in [-0.3, -0.25) is 4.79 Å². The van der Waals surface area contributed by atoms with Gasteiger partial charge in [0.15, 0.2) is 0 Å². The minimum Gasteiger partial charge on any atom is -0.319 e. The van der Waals surface area contributed by atoms with Crippen molar-refractivity contribution in [2.45, 2.75) is 33.6 Å². The summed E-state index contributed by atoms with van der Waals surface area (Å²) in [5.41, 5.74) is 0.171. The number of nitrogens with one attached hydrogen (secondary N) is 1. The van der Waals surface area contributed by atoms with E-state index in [1.54, 1.807) is 0 Å². The number of hydrogen-bond donors (Lipinski definition) is 1. The molecule has 2 rings (SSSR count). The smallest absolute Gasteiger partial charge is 0.143 e. The minimum atomic E-state index is -0.0425. The first kappa shape index (κ1) is 10.2. The van der Waals surface area contributed by atoms with Crippen LogP contribution in [-0.4, -0.2) is 19.4 Å².